The molecule has 3 rings (SSSR count). The average molecular weight is 430 g/mol. The molecule has 0 aliphatic carbocycles. The van der Waals surface area contributed by atoms with Gasteiger partial charge in [-0.2, -0.15) is 0 Å². The Bertz CT molecular complexity index is 940. The van der Waals surface area contributed by atoms with Gasteiger partial charge in [-0.25, -0.2) is 8.78 Å². The van der Waals surface area contributed by atoms with Crippen LogP contribution in [-0.2, 0) is 14.4 Å². The van der Waals surface area contributed by atoms with E-state index in [2.05, 4.69) is 16.0 Å². The number of piperidine rings is 1. The van der Waals surface area contributed by atoms with E-state index in [9.17, 15) is 23.2 Å². The highest BCUT2D eigenvalue weighted by Gasteiger charge is 2.27. The largest absolute Gasteiger partial charge is 0.346 e. The molecule has 31 heavy (non-hydrogen) atoms. The fraction of sp³-hybridized carbons (Fsp3) is 0.318. The van der Waals surface area contributed by atoms with Gasteiger partial charge in [0.25, 0.3) is 0 Å². The van der Waals surface area contributed by atoms with Crippen LogP contribution in [-0.4, -0.2) is 48.8 Å². The first-order valence-electron chi connectivity index (χ1n) is 10.0. The molecule has 3 amide bonds. The normalized spacial score (nSPS) is 16.4. The highest BCUT2D eigenvalue weighted by Crippen LogP contribution is 2.18. The average Bonchev–Trinajstić information content (AvgIpc) is 2.76. The molecule has 1 aliphatic heterocycles. The standard InChI is InChI=1S/C22H24F2N4O3/c23-18-9-8-17(11-19(18)24)26-20(29)12-25-21(30)14-28-10-4-5-15(13-28)22(31)27-16-6-2-1-3-7-16/h1-3,6-9,11,15H,4-5,10,12-14H2,(H,25,30)(H,26,29)(H,27,31)/t15-/m1/s1. The Morgan fingerprint density at radius 2 is 1.71 bits per heavy atom. The summed E-state index contributed by atoms with van der Waals surface area (Å²) in [5.74, 6) is -3.30. The molecule has 7 nitrogen and oxygen atoms in total. The number of hydrogen-bond donors (Lipinski definition) is 3. The first-order chi connectivity index (χ1) is 14.9. The highest BCUT2D eigenvalue weighted by atomic mass is 19.2. The van der Waals surface area contributed by atoms with E-state index in [0.29, 0.717) is 13.1 Å². The number of carbonyl (C=O) groups excluding carboxylic acids is 3. The zero-order valence-electron chi connectivity index (χ0n) is 16.9. The Morgan fingerprint density at radius 3 is 2.45 bits per heavy atom. The molecule has 1 atom stereocenters. The molecule has 3 N–H and O–H groups in total. The Labute approximate surface area is 178 Å². The molecule has 2 aromatic carbocycles. The zero-order chi connectivity index (χ0) is 22.2. The lowest BCUT2D eigenvalue weighted by Gasteiger charge is -2.31. The number of halogens is 2. The maximum absolute atomic E-state index is 13.2. The molecule has 1 fully saturated rings. The van der Waals surface area contributed by atoms with Crippen molar-refractivity contribution in [3.05, 3.63) is 60.2 Å². The van der Waals surface area contributed by atoms with Crippen molar-refractivity contribution in [2.24, 2.45) is 5.92 Å². The second-order valence-corrected chi connectivity index (χ2v) is 7.38. The summed E-state index contributed by atoms with van der Waals surface area (Å²) < 4.78 is 26.1. The summed E-state index contributed by atoms with van der Waals surface area (Å²) in [6.45, 7) is 0.897. The Hall–Kier alpha value is -3.33. The van der Waals surface area contributed by atoms with E-state index < -0.39 is 17.5 Å². The molecule has 164 valence electrons. The van der Waals surface area contributed by atoms with E-state index in [1.54, 1.807) is 0 Å². The molecule has 9 heteroatoms. The molecule has 1 aliphatic rings. The van der Waals surface area contributed by atoms with Gasteiger partial charge in [0.2, 0.25) is 17.7 Å². The number of hydrogen-bond acceptors (Lipinski definition) is 4. The van der Waals surface area contributed by atoms with E-state index in [4.69, 9.17) is 0 Å². The van der Waals surface area contributed by atoms with Crippen molar-refractivity contribution >= 4 is 29.1 Å². The van der Waals surface area contributed by atoms with Crippen molar-refractivity contribution in [2.45, 2.75) is 12.8 Å². The molecule has 0 aromatic heterocycles. The number of para-hydroxylation sites is 1. The maximum Gasteiger partial charge on any atom is 0.243 e. The lowest BCUT2D eigenvalue weighted by atomic mass is 9.97. The van der Waals surface area contributed by atoms with Crippen LogP contribution >= 0.6 is 0 Å². The van der Waals surface area contributed by atoms with Crippen LogP contribution in [0.1, 0.15) is 12.8 Å². The number of rotatable bonds is 7. The number of likely N-dealkylation sites (tertiary alicyclic amines) is 1. The van der Waals surface area contributed by atoms with Gasteiger partial charge in [0.15, 0.2) is 11.6 Å². The van der Waals surface area contributed by atoms with Crippen LogP contribution in [0.25, 0.3) is 0 Å². The van der Waals surface area contributed by atoms with Gasteiger partial charge in [0.05, 0.1) is 19.0 Å². The molecular formula is C22H24F2N4O3. The van der Waals surface area contributed by atoms with Crippen molar-refractivity contribution < 1.29 is 23.2 Å². The van der Waals surface area contributed by atoms with Crippen LogP contribution < -0.4 is 16.0 Å². The maximum atomic E-state index is 13.2. The minimum absolute atomic E-state index is 0.0631. The minimum Gasteiger partial charge on any atom is -0.346 e. The van der Waals surface area contributed by atoms with Gasteiger partial charge in [-0.15, -0.1) is 0 Å². The summed E-state index contributed by atoms with van der Waals surface area (Å²) in [7, 11) is 0. The highest BCUT2D eigenvalue weighted by molar-refractivity contribution is 5.95. The van der Waals surface area contributed by atoms with Crippen molar-refractivity contribution in [1.82, 2.24) is 10.2 Å². The van der Waals surface area contributed by atoms with Crippen LogP contribution in [0.2, 0.25) is 0 Å². The fourth-order valence-electron chi connectivity index (χ4n) is 3.40. The second kappa shape index (κ2) is 10.6. The SMILES string of the molecule is O=C(CN1CCC[C@@H](C(=O)Nc2ccccc2)C1)NCC(=O)Nc1ccc(F)c(F)c1. The molecule has 2 aromatic rings. The molecule has 1 heterocycles. The van der Waals surface area contributed by atoms with E-state index in [1.807, 2.05) is 35.2 Å². The predicted molar refractivity (Wildman–Crippen MR) is 112 cm³/mol. The summed E-state index contributed by atoms with van der Waals surface area (Å²) in [6, 6.07) is 12.2. The van der Waals surface area contributed by atoms with Crippen molar-refractivity contribution in [2.75, 3.05) is 36.8 Å². The third-order valence-corrected chi connectivity index (χ3v) is 4.93. The fourth-order valence-corrected chi connectivity index (χ4v) is 3.40. The molecule has 0 saturated carbocycles. The number of nitrogens with one attached hydrogen (secondary N) is 3. The van der Waals surface area contributed by atoms with E-state index in [0.717, 1.165) is 30.7 Å². The Kier molecular flexibility index (Phi) is 7.66. The number of benzene rings is 2. The van der Waals surface area contributed by atoms with E-state index >= 15 is 0 Å². The summed E-state index contributed by atoms with van der Waals surface area (Å²) >= 11 is 0. The van der Waals surface area contributed by atoms with Crippen molar-refractivity contribution in [1.29, 1.82) is 0 Å². The molecule has 1 saturated heterocycles. The minimum atomic E-state index is -1.07. The number of carbonyl (C=O) groups is 3. The number of amides is 3. The van der Waals surface area contributed by atoms with Gasteiger partial charge >= 0.3 is 0 Å². The van der Waals surface area contributed by atoms with Crippen molar-refractivity contribution in [3.8, 4) is 0 Å². The van der Waals surface area contributed by atoms with Crippen LogP contribution in [0.15, 0.2) is 48.5 Å². The van der Waals surface area contributed by atoms with Crippen LogP contribution in [0, 0.1) is 17.6 Å². The summed E-state index contributed by atoms with van der Waals surface area (Å²) in [5, 5.41) is 7.77. The summed E-state index contributed by atoms with van der Waals surface area (Å²) in [6.07, 6.45) is 1.53. The van der Waals surface area contributed by atoms with Crippen LogP contribution in [0.5, 0.6) is 0 Å². The molecule has 0 radical (unpaired) electrons. The van der Waals surface area contributed by atoms with E-state index in [1.165, 1.54) is 6.07 Å². The van der Waals surface area contributed by atoms with Gasteiger partial charge in [0, 0.05) is 24.0 Å². The zero-order valence-corrected chi connectivity index (χ0v) is 16.9. The number of nitrogens with zero attached hydrogens (tertiary/aromatic N) is 1. The van der Waals surface area contributed by atoms with E-state index in [-0.39, 0.29) is 36.5 Å². The third kappa shape index (κ3) is 6.85. The smallest absolute Gasteiger partial charge is 0.243 e. The van der Waals surface area contributed by atoms with Crippen LogP contribution in [0.3, 0.4) is 0 Å². The molecule has 0 unspecified atom stereocenters. The van der Waals surface area contributed by atoms with Gasteiger partial charge in [-0.05, 0) is 43.7 Å². The monoisotopic (exact) mass is 430 g/mol. The van der Waals surface area contributed by atoms with Gasteiger partial charge in [-0.1, -0.05) is 18.2 Å². The lowest BCUT2D eigenvalue weighted by molar-refractivity contribution is -0.127. The lowest BCUT2D eigenvalue weighted by Crippen LogP contribution is -2.46. The van der Waals surface area contributed by atoms with Gasteiger partial charge in [0.1, 0.15) is 0 Å². The second-order valence-electron chi connectivity index (χ2n) is 7.38. The first-order valence-corrected chi connectivity index (χ1v) is 10.0. The summed E-state index contributed by atoms with van der Waals surface area (Å²) in [5.41, 5.74) is 0.830. The first kappa shape index (κ1) is 22.4. The van der Waals surface area contributed by atoms with Crippen molar-refractivity contribution in [3.63, 3.8) is 0 Å². The Balaban J connectivity index is 1.41. The summed E-state index contributed by atoms with van der Waals surface area (Å²) in [4.78, 5) is 38.5. The Morgan fingerprint density at radius 1 is 0.935 bits per heavy atom. The topological polar surface area (TPSA) is 90.5 Å². The quantitative estimate of drug-likeness (QED) is 0.629. The predicted octanol–water partition coefficient (Wildman–Crippen LogP) is 2.37. The van der Waals surface area contributed by atoms with Crippen LogP contribution in [0.4, 0.5) is 20.2 Å². The third-order valence-electron chi connectivity index (χ3n) is 4.93. The molecule has 0 bridgehead atoms. The molecule has 0 spiro atoms. The van der Waals surface area contributed by atoms with Gasteiger partial charge in [-0.3, -0.25) is 19.3 Å². The number of anilines is 2. The van der Waals surface area contributed by atoms with Gasteiger partial charge < -0.3 is 16.0 Å². The molecular weight excluding hydrogens is 406 g/mol.